The predicted molar refractivity (Wildman–Crippen MR) is 93.9 cm³/mol. The molecule has 0 saturated carbocycles. The van der Waals surface area contributed by atoms with Gasteiger partial charge in [-0.1, -0.05) is 0 Å². The number of fused-ring (bicyclic) bond motifs is 2. The third kappa shape index (κ3) is 2.21. The summed E-state index contributed by atoms with van der Waals surface area (Å²) in [7, 11) is 0. The quantitative estimate of drug-likeness (QED) is 0.461. The third-order valence-corrected chi connectivity index (χ3v) is 4.07. The van der Waals surface area contributed by atoms with Crippen LogP contribution in [0.1, 0.15) is 0 Å². The van der Waals surface area contributed by atoms with Crippen LogP contribution >= 0.6 is 0 Å². The van der Waals surface area contributed by atoms with Crippen LogP contribution in [0.15, 0.2) is 55.0 Å². The molecule has 0 saturated heterocycles. The highest BCUT2D eigenvalue weighted by Gasteiger charge is 2.14. The van der Waals surface area contributed by atoms with Gasteiger partial charge in [0.1, 0.15) is 17.0 Å². The summed E-state index contributed by atoms with van der Waals surface area (Å²) in [6, 6.07) is 11.2. The van der Waals surface area contributed by atoms with E-state index in [4.69, 9.17) is 4.98 Å². The van der Waals surface area contributed by atoms with Crippen molar-refractivity contribution in [3.8, 4) is 28.4 Å². The van der Waals surface area contributed by atoms with Gasteiger partial charge in [0.2, 0.25) is 0 Å². The van der Waals surface area contributed by atoms with Crippen LogP contribution in [-0.4, -0.2) is 35.2 Å². The molecule has 5 aromatic rings. The molecule has 25 heavy (non-hydrogen) atoms. The van der Waals surface area contributed by atoms with Gasteiger partial charge in [0.25, 0.3) is 0 Å². The normalized spacial score (nSPS) is 11.4. The first-order valence-electron chi connectivity index (χ1n) is 7.71. The number of H-pyrrole nitrogens is 2. The average Bonchev–Trinajstić information content (AvgIpc) is 3.24. The Morgan fingerprint density at radius 2 is 1.96 bits per heavy atom. The highest BCUT2D eigenvalue weighted by molar-refractivity contribution is 5.93. The first-order chi connectivity index (χ1) is 12.3. The van der Waals surface area contributed by atoms with Gasteiger partial charge >= 0.3 is 0 Å². The van der Waals surface area contributed by atoms with E-state index in [1.165, 1.54) is 6.20 Å². The van der Waals surface area contributed by atoms with Crippen LogP contribution in [0, 0.1) is 0 Å². The van der Waals surface area contributed by atoms with E-state index in [-0.39, 0.29) is 5.75 Å². The number of nitrogens with one attached hydrogen (secondary N) is 2. The van der Waals surface area contributed by atoms with Gasteiger partial charge in [0.15, 0.2) is 0 Å². The molecule has 0 amide bonds. The lowest BCUT2D eigenvalue weighted by molar-refractivity contribution is 0.473. The second-order valence-corrected chi connectivity index (χ2v) is 5.72. The Morgan fingerprint density at radius 1 is 1.00 bits per heavy atom. The van der Waals surface area contributed by atoms with E-state index in [0.717, 1.165) is 39.0 Å². The monoisotopic (exact) mass is 328 g/mol. The van der Waals surface area contributed by atoms with Crippen molar-refractivity contribution in [2.24, 2.45) is 0 Å². The Bertz CT molecular complexity index is 1190. The molecule has 120 valence electrons. The number of aromatic amines is 2. The zero-order valence-electron chi connectivity index (χ0n) is 12.9. The minimum atomic E-state index is 0.105. The predicted octanol–water partition coefficient (Wildman–Crippen LogP) is 3.27. The molecule has 0 spiro atoms. The maximum Gasteiger partial charge on any atom is 0.135 e. The Kier molecular flexibility index (Phi) is 2.81. The Morgan fingerprint density at radius 3 is 2.84 bits per heavy atom. The maximum atomic E-state index is 9.64. The van der Waals surface area contributed by atoms with Crippen molar-refractivity contribution < 1.29 is 5.11 Å². The molecule has 0 aliphatic carbocycles. The molecule has 5 rings (SSSR count). The number of pyridine rings is 3. The van der Waals surface area contributed by atoms with E-state index in [1.807, 2.05) is 30.3 Å². The molecule has 0 aliphatic rings. The van der Waals surface area contributed by atoms with Crippen LogP contribution in [0.3, 0.4) is 0 Å². The minimum Gasteiger partial charge on any atom is -0.506 e. The van der Waals surface area contributed by atoms with E-state index in [1.54, 1.807) is 18.5 Å². The summed E-state index contributed by atoms with van der Waals surface area (Å²) in [5, 5.41) is 17.0. The molecule has 0 fully saturated rings. The maximum absolute atomic E-state index is 9.64. The van der Waals surface area contributed by atoms with Gasteiger partial charge in [-0.2, -0.15) is 5.10 Å². The standard InChI is InChI=1S/C18H12N6O/c25-11-6-10(8-19-9-11)12-3-4-14-17(22-12)18(24-23-14)16-7-15-13(21-16)2-1-5-20-15/h1-9,21,25H,(H,23,24). The van der Waals surface area contributed by atoms with Crippen LogP contribution in [0.4, 0.5) is 0 Å². The zero-order chi connectivity index (χ0) is 16.8. The average molecular weight is 328 g/mol. The molecule has 7 nitrogen and oxygen atoms in total. The van der Waals surface area contributed by atoms with Crippen molar-refractivity contribution in [1.82, 2.24) is 30.1 Å². The fourth-order valence-electron chi connectivity index (χ4n) is 2.90. The van der Waals surface area contributed by atoms with Gasteiger partial charge in [-0.05, 0) is 36.4 Å². The molecule has 5 aromatic heterocycles. The molecule has 5 heterocycles. The number of nitrogens with zero attached hydrogens (tertiary/aromatic N) is 4. The molecule has 0 bridgehead atoms. The van der Waals surface area contributed by atoms with E-state index < -0.39 is 0 Å². The molecule has 0 unspecified atom stereocenters. The van der Waals surface area contributed by atoms with Crippen LogP contribution in [0.25, 0.3) is 44.7 Å². The Labute approximate surface area is 141 Å². The highest BCUT2D eigenvalue weighted by atomic mass is 16.3. The summed E-state index contributed by atoms with van der Waals surface area (Å²) in [6.45, 7) is 0. The summed E-state index contributed by atoms with van der Waals surface area (Å²) < 4.78 is 0. The van der Waals surface area contributed by atoms with Crippen molar-refractivity contribution in [2.45, 2.75) is 0 Å². The molecule has 0 atom stereocenters. The molecule has 0 aliphatic heterocycles. The van der Waals surface area contributed by atoms with E-state index in [2.05, 4.69) is 25.1 Å². The topological polar surface area (TPSA) is 103 Å². The number of rotatable bonds is 2. The summed E-state index contributed by atoms with van der Waals surface area (Å²) >= 11 is 0. The van der Waals surface area contributed by atoms with Crippen LogP contribution in [-0.2, 0) is 0 Å². The van der Waals surface area contributed by atoms with Gasteiger partial charge in [-0.25, -0.2) is 4.98 Å². The number of aromatic nitrogens is 6. The summed E-state index contributed by atoms with van der Waals surface area (Å²) in [6.07, 6.45) is 4.82. The first kappa shape index (κ1) is 13.7. The number of hydrogen-bond acceptors (Lipinski definition) is 5. The number of hydrogen-bond donors (Lipinski definition) is 3. The molecule has 0 radical (unpaired) electrons. The van der Waals surface area contributed by atoms with Crippen LogP contribution < -0.4 is 0 Å². The van der Waals surface area contributed by atoms with Gasteiger partial charge in [-0.3, -0.25) is 15.1 Å². The largest absolute Gasteiger partial charge is 0.506 e. The minimum absolute atomic E-state index is 0.105. The summed E-state index contributed by atoms with van der Waals surface area (Å²) in [5.41, 5.74) is 6.43. The van der Waals surface area contributed by atoms with Crippen molar-refractivity contribution in [2.75, 3.05) is 0 Å². The van der Waals surface area contributed by atoms with E-state index in [0.29, 0.717) is 5.69 Å². The van der Waals surface area contributed by atoms with Gasteiger partial charge in [0.05, 0.1) is 34.1 Å². The fourth-order valence-corrected chi connectivity index (χ4v) is 2.90. The highest BCUT2D eigenvalue weighted by Crippen LogP contribution is 2.29. The van der Waals surface area contributed by atoms with Crippen molar-refractivity contribution in [3.63, 3.8) is 0 Å². The molecule has 0 aromatic carbocycles. The number of aromatic hydroxyl groups is 1. The SMILES string of the molecule is Oc1cncc(-c2ccc3[nH]nc(-c4cc5ncccc5[nH]4)c3n2)c1. The van der Waals surface area contributed by atoms with Gasteiger partial charge in [0, 0.05) is 18.0 Å². The van der Waals surface area contributed by atoms with Gasteiger partial charge in [-0.15, -0.1) is 0 Å². The first-order valence-corrected chi connectivity index (χ1v) is 7.71. The lowest BCUT2D eigenvalue weighted by Crippen LogP contribution is -1.86. The second kappa shape index (κ2) is 5.13. The molecular weight excluding hydrogens is 316 g/mol. The van der Waals surface area contributed by atoms with E-state index in [9.17, 15) is 5.11 Å². The Hall–Kier alpha value is -3.74. The van der Waals surface area contributed by atoms with Crippen LogP contribution in [0.2, 0.25) is 0 Å². The smallest absolute Gasteiger partial charge is 0.135 e. The van der Waals surface area contributed by atoms with Crippen LogP contribution in [0.5, 0.6) is 5.75 Å². The third-order valence-electron chi connectivity index (χ3n) is 4.07. The summed E-state index contributed by atoms with van der Waals surface area (Å²) in [4.78, 5) is 16.4. The fraction of sp³-hybridized carbons (Fsp3) is 0. The Balaban J connectivity index is 1.70. The zero-order valence-corrected chi connectivity index (χ0v) is 12.9. The lowest BCUT2D eigenvalue weighted by Gasteiger charge is -2.01. The molecule has 3 N–H and O–H groups in total. The lowest BCUT2D eigenvalue weighted by atomic mass is 10.1. The van der Waals surface area contributed by atoms with Crippen molar-refractivity contribution >= 4 is 22.1 Å². The van der Waals surface area contributed by atoms with E-state index >= 15 is 0 Å². The van der Waals surface area contributed by atoms with Crippen molar-refractivity contribution in [1.29, 1.82) is 0 Å². The van der Waals surface area contributed by atoms with Gasteiger partial charge < -0.3 is 10.1 Å². The van der Waals surface area contributed by atoms with Crippen molar-refractivity contribution in [3.05, 3.63) is 55.0 Å². The second-order valence-electron chi connectivity index (χ2n) is 5.72. The molecule has 7 heteroatoms. The summed E-state index contributed by atoms with van der Waals surface area (Å²) in [5.74, 6) is 0.105. The molecular formula is C18H12N6O.